The lowest BCUT2D eigenvalue weighted by Crippen LogP contribution is -2.31. The van der Waals surface area contributed by atoms with Gasteiger partial charge in [0, 0.05) is 24.0 Å². The minimum absolute atomic E-state index is 0.191. The maximum Gasteiger partial charge on any atom is 0.203 e. The third-order valence-corrected chi connectivity index (χ3v) is 4.18. The van der Waals surface area contributed by atoms with Crippen LogP contribution in [-0.2, 0) is 0 Å². The number of halogens is 1. The largest absolute Gasteiger partial charge is 0.494 e. The third-order valence-electron chi connectivity index (χ3n) is 4.18. The lowest BCUT2D eigenvalue weighted by atomic mass is 10.1. The highest BCUT2D eigenvalue weighted by Crippen LogP contribution is 2.40. The fourth-order valence-electron chi connectivity index (χ4n) is 2.88. The summed E-state index contributed by atoms with van der Waals surface area (Å²) in [6.45, 7) is 0. The molecule has 1 aliphatic rings. The van der Waals surface area contributed by atoms with Crippen LogP contribution in [0.15, 0.2) is 42.7 Å². The summed E-state index contributed by atoms with van der Waals surface area (Å²) in [5, 5.41) is 5.04. The molecular weight excluding hydrogens is 353 g/mol. The number of ether oxygens (including phenoxy) is 4. The van der Waals surface area contributed by atoms with Crippen molar-refractivity contribution in [2.75, 3.05) is 33.9 Å². The zero-order valence-electron chi connectivity index (χ0n) is 15.6. The molecule has 0 radical (unpaired) electrons. The summed E-state index contributed by atoms with van der Waals surface area (Å²) in [4.78, 5) is 0. The molecule has 2 N–H and O–H groups in total. The summed E-state index contributed by atoms with van der Waals surface area (Å²) in [5.74, 6) is 1.37. The minimum atomic E-state index is -0.442. The number of nitrogens with one attached hydrogen (secondary N) is 2. The number of nitrogens with zero attached hydrogens (tertiary/aromatic N) is 1. The molecule has 0 fully saturated rings. The Morgan fingerprint density at radius 3 is 2.15 bits per heavy atom. The first-order valence-corrected chi connectivity index (χ1v) is 8.22. The first kappa shape index (κ1) is 18.5. The van der Waals surface area contributed by atoms with Gasteiger partial charge >= 0.3 is 0 Å². The Hall–Kier alpha value is -3.29. The van der Waals surface area contributed by atoms with Gasteiger partial charge in [0.1, 0.15) is 6.17 Å². The lowest BCUT2D eigenvalue weighted by Gasteiger charge is -2.28. The fourth-order valence-corrected chi connectivity index (χ4v) is 2.88. The van der Waals surface area contributed by atoms with Crippen molar-refractivity contribution in [3.05, 3.63) is 54.1 Å². The van der Waals surface area contributed by atoms with Crippen LogP contribution in [0.2, 0.25) is 0 Å². The normalized spacial score (nSPS) is 15.3. The van der Waals surface area contributed by atoms with E-state index in [1.165, 1.54) is 13.2 Å². The zero-order chi connectivity index (χ0) is 19.4. The number of hydrazine groups is 1. The van der Waals surface area contributed by atoms with Gasteiger partial charge < -0.3 is 24.3 Å². The first-order valence-electron chi connectivity index (χ1n) is 8.22. The number of methoxy groups -OCH3 is 4. The van der Waals surface area contributed by atoms with Crippen LogP contribution in [0, 0.1) is 5.82 Å². The predicted octanol–water partition coefficient (Wildman–Crippen LogP) is 3.26. The summed E-state index contributed by atoms with van der Waals surface area (Å²) < 4.78 is 35.1. The van der Waals surface area contributed by atoms with Gasteiger partial charge in [0.2, 0.25) is 5.75 Å². The van der Waals surface area contributed by atoms with E-state index in [2.05, 4.69) is 10.7 Å². The molecule has 7 nitrogen and oxygen atoms in total. The SMILES string of the molecule is COc1ccc(NN2C=CNC2c2cc(OC)c(OC)c(OC)c2)cc1F. The molecule has 8 heteroatoms. The highest BCUT2D eigenvalue weighted by atomic mass is 19.1. The van der Waals surface area contributed by atoms with Crippen molar-refractivity contribution in [2.24, 2.45) is 0 Å². The molecule has 2 aromatic carbocycles. The number of anilines is 1. The molecule has 2 aromatic rings. The van der Waals surface area contributed by atoms with Crippen molar-refractivity contribution in [1.82, 2.24) is 10.3 Å². The smallest absolute Gasteiger partial charge is 0.203 e. The molecule has 0 bridgehead atoms. The van der Waals surface area contributed by atoms with Crippen LogP contribution in [0.25, 0.3) is 0 Å². The first-order chi connectivity index (χ1) is 13.1. The lowest BCUT2D eigenvalue weighted by molar-refractivity contribution is 0.312. The molecule has 1 heterocycles. The molecule has 1 unspecified atom stereocenters. The average Bonchev–Trinajstić information content (AvgIpc) is 3.15. The van der Waals surface area contributed by atoms with Gasteiger partial charge in [0.15, 0.2) is 23.1 Å². The van der Waals surface area contributed by atoms with Crippen molar-refractivity contribution < 1.29 is 23.3 Å². The van der Waals surface area contributed by atoms with Crippen molar-refractivity contribution in [2.45, 2.75) is 6.17 Å². The van der Waals surface area contributed by atoms with Crippen molar-refractivity contribution in [1.29, 1.82) is 0 Å². The molecule has 1 atom stereocenters. The Balaban J connectivity index is 1.87. The van der Waals surface area contributed by atoms with Crippen molar-refractivity contribution in [3.63, 3.8) is 0 Å². The molecular formula is C19H22FN3O4. The van der Waals surface area contributed by atoms with Crippen LogP contribution in [0.4, 0.5) is 10.1 Å². The van der Waals surface area contributed by atoms with Crippen molar-refractivity contribution in [3.8, 4) is 23.0 Å². The second-order valence-corrected chi connectivity index (χ2v) is 5.71. The highest BCUT2D eigenvalue weighted by molar-refractivity contribution is 5.55. The average molecular weight is 375 g/mol. The Labute approximate surface area is 157 Å². The number of hydrogen-bond donors (Lipinski definition) is 2. The number of rotatable bonds is 7. The van der Waals surface area contributed by atoms with E-state index in [9.17, 15) is 4.39 Å². The molecule has 0 saturated carbocycles. The van der Waals surface area contributed by atoms with Crippen LogP contribution < -0.4 is 29.7 Å². The van der Waals surface area contributed by atoms with Crippen LogP contribution in [0.1, 0.15) is 11.7 Å². The summed E-state index contributed by atoms with van der Waals surface area (Å²) in [5.41, 5.74) is 4.61. The van der Waals surface area contributed by atoms with Gasteiger partial charge in [0.05, 0.1) is 34.1 Å². The second-order valence-electron chi connectivity index (χ2n) is 5.71. The van der Waals surface area contributed by atoms with Crippen LogP contribution in [-0.4, -0.2) is 33.4 Å². The van der Waals surface area contributed by atoms with Gasteiger partial charge in [-0.2, -0.15) is 0 Å². The topological polar surface area (TPSA) is 64.2 Å². The van der Waals surface area contributed by atoms with E-state index in [1.54, 1.807) is 39.7 Å². The maximum absolute atomic E-state index is 14.0. The second kappa shape index (κ2) is 7.94. The fraction of sp³-hybridized carbons (Fsp3) is 0.263. The Morgan fingerprint density at radius 2 is 1.59 bits per heavy atom. The van der Waals surface area contributed by atoms with Crippen LogP contribution >= 0.6 is 0 Å². The molecule has 0 spiro atoms. The molecule has 27 heavy (non-hydrogen) atoms. The molecule has 0 aliphatic carbocycles. The molecule has 0 saturated heterocycles. The summed E-state index contributed by atoms with van der Waals surface area (Å²) in [7, 11) is 6.12. The van der Waals surface area contributed by atoms with Gasteiger partial charge in [-0.05, 0) is 24.3 Å². The Kier molecular flexibility index (Phi) is 5.44. The summed E-state index contributed by atoms with van der Waals surface area (Å²) in [6.07, 6.45) is 3.35. The van der Waals surface area contributed by atoms with E-state index < -0.39 is 5.82 Å². The Morgan fingerprint density at radius 1 is 0.926 bits per heavy atom. The van der Waals surface area contributed by atoms with Gasteiger partial charge in [-0.25, -0.2) is 4.39 Å². The highest BCUT2D eigenvalue weighted by Gasteiger charge is 2.25. The van der Waals surface area contributed by atoms with E-state index in [0.717, 1.165) is 5.56 Å². The molecule has 3 rings (SSSR count). The van der Waals surface area contributed by atoms with E-state index in [0.29, 0.717) is 22.9 Å². The summed E-state index contributed by atoms with van der Waals surface area (Å²) in [6, 6.07) is 8.39. The molecule has 0 amide bonds. The van der Waals surface area contributed by atoms with E-state index >= 15 is 0 Å². The van der Waals surface area contributed by atoms with E-state index in [-0.39, 0.29) is 11.9 Å². The van der Waals surface area contributed by atoms with Crippen LogP contribution in [0.5, 0.6) is 23.0 Å². The maximum atomic E-state index is 14.0. The molecule has 0 aromatic heterocycles. The standard InChI is InChI=1S/C19H22FN3O4/c1-24-15-6-5-13(11-14(15)20)22-23-8-7-21-19(23)12-9-16(25-2)18(27-4)17(10-12)26-3/h5-11,19,21-22H,1-4H3. The monoisotopic (exact) mass is 375 g/mol. The van der Waals surface area contributed by atoms with E-state index in [1.807, 2.05) is 23.3 Å². The van der Waals surface area contributed by atoms with Crippen LogP contribution in [0.3, 0.4) is 0 Å². The van der Waals surface area contributed by atoms with Gasteiger partial charge in [-0.1, -0.05) is 0 Å². The van der Waals surface area contributed by atoms with E-state index in [4.69, 9.17) is 18.9 Å². The molecule has 1 aliphatic heterocycles. The number of hydrogen-bond acceptors (Lipinski definition) is 7. The third kappa shape index (κ3) is 3.64. The minimum Gasteiger partial charge on any atom is -0.494 e. The quantitative estimate of drug-likeness (QED) is 0.770. The number of benzene rings is 2. The summed E-state index contributed by atoms with van der Waals surface area (Å²) >= 11 is 0. The Bertz CT molecular complexity index is 819. The van der Waals surface area contributed by atoms with Gasteiger partial charge in [-0.15, -0.1) is 0 Å². The van der Waals surface area contributed by atoms with Gasteiger partial charge in [0.25, 0.3) is 0 Å². The predicted molar refractivity (Wildman–Crippen MR) is 99.5 cm³/mol. The van der Waals surface area contributed by atoms with Gasteiger partial charge in [-0.3, -0.25) is 10.4 Å². The zero-order valence-corrected chi connectivity index (χ0v) is 15.6. The molecule has 144 valence electrons. The van der Waals surface area contributed by atoms with Crippen molar-refractivity contribution >= 4 is 5.69 Å².